The van der Waals surface area contributed by atoms with E-state index in [4.69, 9.17) is 4.74 Å². The van der Waals surface area contributed by atoms with Crippen LogP contribution in [0.25, 0.3) is 0 Å². The molecule has 0 N–H and O–H groups in total. The molecule has 1 atom stereocenters. The van der Waals surface area contributed by atoms with Gasteiger partial charge in [-0.25, -0.2) is 19.7 Å². The molecule has 0 spiro atoms. The lowest BCUT2D eigenvalue weighted by molar-refractivity contribution is 0.177. The summed E-state index contributed by atoms with van der Waals surface area (Å²) in [6.07, 6.45) is 1.02. The quantitative estimate of drug-likeness (QED) is 0.751. The summed E-state index contributed by atoms with van der Waals surface area (Å²) < 4.78 is 5.02. The lowest BCUT2D eigenvalue weighted by Gasteiger charge is -2.21. The molecule has 86 valence electrons. The highest BCUT2D eigenvalue weighted by Gasteiger charge is 2.37. The first-order valence-electron chi connectivity index (χ1n) is 5.21. The molecule has 1 saturated heterocycles. The Labute approximate surface area is 93.7 Å². The standard InChI is InChI=1S/C10H14N4O2/c1-6(2)8-4-16-10(15)14(8)9-12-5-11-7(3)13-9/h5-6,8H,4H2,1-3H3/t8-/m1/s1. The molecular weight excluding hydrogens is 208 g/mol. The van der Waals surface area contributed by atoms with Crippen molar-refractivity contribution in [3.05, 3.63) is 12.2 Å². The third-order valence-electron chi connectivity index (χ3n) is 2.57. The molecule has 1 aliphatic rings. The fourth-order valence-electron chi connectivity index (χ4n) is 1.64. The molecule has 0 unspecified atom stereocenters. The molecule has 6 nitrogen and oxygen atoms in total. The van der Waals surface area contributed by atoms with Gasteiger partial charge in [0.2, 0.25) is 5.95 Å². The number of nitrogens with zero attached hydrogens (tertiary/aromatic N) is 4. The van der Waals surface area contributed by atoms with E-state index in [0.29, 0.717) is 24.3 Å². The van der Waals surface area contributed by atoms with E-state index in [-0.39, 0.29) is 12.1 Å². The van der Waals surface area contributed by atoms with Crippen molar-refractivity contribution in [2.45, 2.75) is 26.8 Å². The Morgan fingerprint density at radius 1 is 1.50 bits per heavy atom. The van der Waals surface area contributed by atoms with Gasteiger partial charge >= 0.3 is 6.09 Å². The maximum atomic E-state index is 11.6. The van der Waals surface area contributed by atoms with Crippen LogP contribution in [0.2, 0.25) is 0 Å². The smallest absolute Gasteiger partial charge is 0.417 e. The third-order valence-corrected chi connectivity index (χ3v) is 2.57. The number of aryl methyl sites for hydroxylation is 1. The summed E-state index contributed by atoms with van der Waals surface area (Å²) in [5.74, 6) is 1.25. The van der Waals surface area contributed by atoms with E-state index in [2.05, 4.69) is 15.0 Å². The number of ether oxygens (including phenoxy) is 1. The highest BCUT2D eigenvalue weighted by Crippen LogP contribution is 2.23. The zero-order chi connectivity index (χ0) is 11.7. The van der Waals surface area contributed by atoms with Crippen LogP contribution >= 0.6 is 0 Å². The number of amides is 1. The van der Waals surface area contributed by atoms with Gasteiger partial charge in [-0.3, -0.25) is 0 Å². The van der Waals surface area contributed by atoms with Crippen molar-refractivity contribution in [1.82, 2.24) is 15.0 Å². The average molecular weight is 222 g/mol. The normalized spacial score (nSPS) is 20.4. The highest BCUT2D eigenvalue weighted by atomic mass is 16.6. The van der Waals surface area contributed by atoms with Crippen LogP contribution in [0, 0.1) is 12.8 Å². The molecule has 2 heterocycles. The summed E-state index contributed by atoms with van der Waals surface area (Å²) in [4.78, 5) is 25.2. The van der Waals surface area contributed by atoms with Crippen molar-refractivity contribution >= 4 is 12.0 Å². The lowest BCUT2D eigenvalue weighted by Crippen LogP contribution is -2.38. The first-order chi connectivity index (χ1) is 7.59. The number of carbonyl (C=O) groups is 1. The maximum absolute atomic E-state index is 11.6. The first kappa shape index (κ1) is 10.8. The average Bonchev–Trinajstić information content (AvgIpc) is 2.60. The van der Waals surface area contributed by atoms with Crippen molar-refractivity contribution in [3.63, 3.8) is 0 Å². The van der Waals surface area contributed by atoms with Crippen LogP contribution in [0.4, 0.5) is 10.7 Å². The third kappa shape index (κ3) is 1.82. The first-order valence-corrected chi connectivity index (χ1v) is 5.21. The van der Waals surface area contributed by atoms with E-state index in [0.717, 1.165) is 0 Å². The minimum absolute atomic E-state index is 0.00528. The molecule has 1 aromatic heterocycles. The monoisotopic (exact) mass is 222 g/mol. The minimum atomic E-state index is -0.385. The van der Waals surface area contributed by atoms with Gasteiger partial charge in [0.25, 0.3) is 0 Å². The van der Waals surface area contributed by atoms with E-state index in [9.17, 15) is 4.79 Å². The highest BCUT2D eigenvalue weighted by molar-refractivity contribution is 5.88. The molecule has 0 aromatic carbocycles. The zero-order valence-corrected chi connectivity index (χ0v) is 9.54. The van der Waals surface area contributed by atoms with Crippen LogP contribution in [-0.4, -0.2) is 33.7 Å². The molecule has 1 amide bonds. The van der Waals surface area contributed by atoms with Crippen LogP contribution in [0.5, 0.6) is 0 Å². The number of hydrogen-bond donors (Lipinski definition) is 0. The second-order valence-electron chi connectivity index (χ2n) is 4.09. The number of anilines is 1. The van der Waals surface area contributed by atoms with E-state index < -0.39 is 0 Å². The predicted octanol–water partition coefficient (Wildman–Crippen LogP) is 1.16. The summed E-state index contributed by atoms with van der Waals surface area (Å²) in [5, 5.41) is 0. The van der Waals surface area contributed by atoms with Crippen LogP contribution in [0.3, 0.4) is 0 Å². The summed E-state index contributed by atoms with van der Waals surface area (Å²) in [7, 11) is 0. The van der Waals surface area contributed by atoms with Crippen molar-refractivity contribution < 1.29 is 9.53 Å². The Morgan fingerprint density at radius 2 is 2.25 bits per heavy atom. The SMILES string of the molecule is Cc1ncnc(N2C(=O)OC[C@@H]2C(C)C)n1. The van der Waals surface area contributed by atoms with Crippen molar-refractivity contribution in [2.75, 3.05) is 11.5 Å². The van der Waals surface area contributed by atoms with Gasteiger partial charge in [-0.1, -0.05) is 13.8 Å². The fraction of sp³-hybridized carbons (Fsp3) is 0.600. The number of aromatic nitrogens is 3. The molecule has 0 aliphatic carbocycles. The molecule has 1 aliphatic heterocycles. The number of cyclic esters (lactones) is 1. The number of hydrogen-bond acceptors (Lipinski definition) is 5. The Bertz CT molecular complexity index is 408. The van der Waals surface area contributed by atoms with Gasteiger partial charge in [-0.15, -0.1) is 0 Å². The second-order valence-corrected chi connectivity index (χ2v) is 4.09. The van der Waals surface area contributed by atoms with Gasteiger partial charge in [0.1, 0.15) is 18.8 Å². The van der Waals surface area contributed by atoms with Crippen LogP contribution in [-0.2, 0) is 4.74 Å². The fourth-order valence-corrected chi connectivity index (χ4v) is 1.64. The topological polar surface area (TPSA) is 68.2 Å². The molecular formula is C10H14N4O2. The van der Waals surface area contributed by atoms with Crippen molar-refractivity contribution in [3.8, 4) is 0 Å². The summed E-state index contributed by atoms with van der Waals surface area (Å²) in [6, 6.07) is -0.00528. The van der Waals surface area contributed by atoms with E-state index in [1.807, 2.05) is 13.8 Å². The minimum Gasteiger partial charge on any atom is -0.447 e. The number of rotatable bonds is 2. The number of carbonyl (C=O) groups excluding carboxylic acids is 1. The molecule has 16 heavy (non-hydrogen) atoms. The molecule has 2 rings (SSSR count). The van der Waals surface area contributed by atoms with E-state index >= 15 is 0 Å². The van der Waals surface area contributed by atoms with Gasteiger partial charge in [-0.2, -0.15) is 4.98 Å². The van der Waals surface area contributed by atoms with Gasteiger partial charge in [0.15, 0.2) is 0 Å². The summed E-state index contributed by atoms with van der Waals surface area (Å²) in [6.45, 7) is 6.22. The van der Waals surface area contributed by atoms with Crippen molar-refractivity contribution in [1.29, 1.82) is 0 Å². The Kier molecular flexibility index (Phi) is 2.72. The molecule has 0 saturated carbocycles. The molecule has 1 fully saturated rings. The maximum Gasteiger partial charge on any atom is 0.417 e. The largest absolute Gasteiger partial charge is 0.447 e. The lowest BCUT2D eigenvalue weighted by atomic mass is 10.1. The molecule has 0 radical (unpaired) electrons. The van der Waals surface area contributed by atoms with Gasteiger partial charge < -0.3 is 4.74 Å². The summed E-state index contributed by atoms with van der Waals surface area (Å²) in [5.41, 5.74) is 0. The van der Waals surface area contributed by atoms with Gasteiger partial charge in [-0.05, 0) is 12.8 Å². The molecule has 6 heteroatoms. The predicted molar refractivity (Wildman–Crippen MR) is 57.0 cm³/mol. The Balaban J connectivity index is 2.33. The van der Waals surface area contributed by atoms with Crippen LogP contribution in [0.15, 0.2) is 6.33 Å². The van der Waals surface area contributed by atoms with Crippen LogP contribution < -0.4 is 4.90 Å². The summed E-state index contributed by atoms with van der Waals surface area (Å²) >= 11 is 0. The van der Waals surface area contributed by atoms with E-state index in [1.54, 1.807) is 6.92 Å². The molecule has 1 aromatic rings. The molecule has 0 bridgehead atoms. The van der Waals surface area contributed by atoms with Gasteiger partial charge in [0, 0.05) is 0 Å². The van der Waals surface area contributed by atoms with Gasteiger partial charge in [0.05, 0.1) is 6.04 Å². The van der Waals surface area contributed by atoms with Crippen molar-refractivity contribution in [2.24, 2.45) is 5.92 Å². The van der Waals surface area contributed by atoms with E-state index in [1.165, 1.54) is 11.2 Å². The Hall–Kier alpha value is -1.72. The zero-order valence-electron chi connectivity index (χ0n) is 9.54. The second kappa shape index (κ2) is 4.03. The Morgan fingerprint density at radius 3 is 2.88 bits per heavy atom. The van der Waals surface area contributed by atoms with Crippen LogP contribution in [0.1, 0.15) is 19.7 Å².